The molecule has 2 aromatic rings. The van der Waals surface area contributed by atoms with Crippen molar-refractivity contribution in [3.63, 3.8) is 0 Å². The van der Waals surface area contributed by atoms with Crippen LogP contribution in [0, 0.1) is 0 Å². The molecule has 22 heavy (non-hydrogen) atoms. The molecule has 0 bridgehead atoms. The minimum absolute atomic E-state index is 0.0772. The molecule has 5 heteroatoms. The minimum atomic E-state index is 0.0772. The van der Waals surface area contributed by atoms with Crippen LogP contribution in [-0.2, 0) is 0 Å². The number of ether oxygens (including phenoxy) is 2. The van der Waals surface area contributed by atoms with Gasteiger partial charge in [-0.05, 0) is 61.1 Å². The molecule has 1 atom stereocenters. The molecule has 0 fully saturated rings. The van der Waals surface area contributed by atoms with Gasteiger partial charge in [0.1, 0.15) is 11.5 Å². The fourth-order valence-corrected chi connectivity index (χ4v) is 2.33. The zero-order valence-electron chi connectivity index (χ0n) is 12.9. The van der Waals surface area contributed by atoms with Crippen LogP contribution in [-0.4, -0.2) is 19.3 Å². The summed E-state index contributed by atoms with van der Waals surface area (Å²) in [5.41, 5.74) is 2.02. The van der Waals surface area contributed by atoms with Gasteiger partial charge in [-0.3, -0.25) is 0 Å². The van der Waals surface area contributed by atoms with Gasteiger partial charge in [0.15, 0.2) is 5.11 Å². The summed E-state index contributed by atoms with van der Waals surface area (Å²) in [4.78, 5) is 0. The van der Waals surface area contributed by atoms with Gasteiger partial charge in [-0.15, -0.1) is 0 Å². The van der Waals surface area contributed by atoms with Crippen molar-refractivity contribution >= 4 is 23.0 Å². The molecule has 0 aliphatic rings. The van der Waals surface area contributed by atoms with Crippen LogP contribution >= 0.6 is 12.2 Å². The normalized spacial score (nSPS) is 11.4. The SMILES string of the molecule is COc1ccc(NC(=S)NC(C)c2cccc(OC)c2)cc1. The third kappa shape index (κ3) is 4.36. The summed E-state index contributed by atoms with van der Waals surface area (Å²) >= 11 is 5.35. The van der Waals surface area contributed by atoms with E-state index in [-0.39, 0.29) is 6.04 Å². The van der Waals surface area contributed by atoms with Crippen molar-refractivity contribution in [1.82, 2.24) is 5.32 Å². The molecule has 1 unspecified atom stereocenters. The molecule has 4 nitrogen and oxygen atoms in total. The lowest BCUT2D eigenvalue weighted by atomic mass is 10.1. The highest BCUT2D eigenvalue weighted by molar-refractivity contribution is 7.80. The Kier molecular flexibility index (Phi) is 5.61. The van der Waals surface area contributed by atoms with Crippen LogP contribution < -0.4 is 20.1 Å². The number of hydrogen-bond donors (Lipinski definition) is 2. The predicted octanol–water partition coefficient (Wildman–Crippen LogP) is 3.75. The van der Waals surface area contributed by atoms with Gasteiger partial charge in [0.05, 0.1) is 20.3 Å². The molecular formula is C17H20N2O2S. The van der Waals surface area contributed by atoms with E-state index in [2.05, 4.69) is 17.6 Å². The van der Waals surface area contributed by atoms with E-state index < -0.39 is 0 Å². The van der Waals surface area contributed by atoms with E-state index in [9.17, 15) is 0 Å². The number of thiocarbonyl (C=S) groups is 1. The van der Waals surface area contributed by atoms with Crippen molar-refractivity contribution in [2.24, 2.45) is 0 Å². The number of benzene rings is 2. The first-order valence-corrected chi connectivity index (χ1v) is 7.38. The molecule has 0 amide bonds. The molecule has 0 radical (unpaired) electrons. The van der Waals surface area contributed by atoms with E-state index in [1.54, 1.807) is 14.2 Å². The van der Waals surface area contributed by atoms with Crippen LogP contribution in [0.2, 0.25) is 0 Å². The summed E-state index contributed by atoms with van der Waals surface area (Å²) in [7, 11) is 3.30. The first kappa shape index (κ1) is 16.1. The van der Waals surface area contributed by atoms with Crippen molar-refractivity contribution in [2.45, 2.75) is 13.0 Å². The Morgan fingerprint density at radius 2 is 1.68 bits per heavy atom. The topological polar surface area (TPSA) is 42.5 Å². The number of nitrogens with one attached hydrogen (secondary N) is 2. The molecule has 0 aliphatic carbocycles. The highest BCUT2D eigenvalue weighted by Crippen LogP contribution is 2.19. The number of rotatable bonds is 5. The minimum Gasteiger partial charge on any atom is -0.497 e. The largest absolute Gasteiger partial charge is 0.497 e. The molecular weight excluding hydrogens is 296 g/mol. The van der Waals surface area contributed by atoms with Gasteiger partial charge < -0.3 is 20.1 Å². The molecule has 116 valence electrons. The second kappa shape index (κ2) is 7.66. The van der Waals surface area contributed by atoms with Crippen LogP contribution in [0.15, 0.2) is 48.5 Å². The third-order valence-corrected chi connectivity index (χ3v) is 3.51. The number of hydrogen-bond acceptors (Lipinski definition) is 3. The quantitative estimate of drug-likeness (QED) is 0.822. The molecule has 0 spiro atoms. The van der Waals surface area contributed by atoms with E-state index in [0.717, 1.165) is 22.7 Å². The van der Waals surface area contributed by atoms with Gasteiger partial charge in [0.2, 0.25) is 0 Å². The van der Waals surface area contributed by atoms with Crippen molar-refractivity contribution in [3.05, 3.63) is 54.1 Å². The van der Waals surface area contributed by atoms with E-state index in [0.29, 0.717) is 5.11 Å². The second-order valence-electron chi connectivity index (χ2n) is 4.83. The first-order chi connectivity index (χ1) is 10.6. The summed E-state index contributed by atoms with van der Waals surface area (Å²) in [5, 5.41) is 6.98. The lowest BCUT2D eigenvalue weighted by Crippen LogP contribution is -2.30. The first-order valence-electron chi connectivity index (χ1n) is 6.98. The Bertz CT molecular complexity index is 629. The van der Waals surface area contributed by atoms with Crippen molar-refractivity contribution in [1.29, 1.82) is 0 Å². The van der Waals surface area contributed by atoms with Crippen LogP contribution in [0.25, 0.3) is 0 Å². The zero-order valence-corrected chi connectivity index (χ0v) is 13.7. The molecule has 0 aliphatic heterocycles. The van der Waals surface area contributed by atoms with Gasteiger partial charge in [0.25, 0.3) is 0 Å². The van der Waals surface area contributed by atoms with Gasteiger partial charge in [-0.1, -0.05) is 12.1 Å². The summed E-state index contributed by atoms with van der Waals surface area (Å²) in [5.74, 6) is 1.65. The third-order valence-electron chi connectivity index (χ3n) is 3.29. The summed E-state index contributed by atoms with van der Waals surface area (Å²) in [6.45, 7) is 2.05. The van der Waals surface area contributed by atoms with Gasteiger partial charge in [-0.25, -0.2) is 0 Å². The van der Waals surface area contributed by atoms with Crippen LogP contribution in [0.4, 0.5) is 5.69 Å². The van der Waals surface area contributed by atoms with Gasteiger partial charge in [0, 0.05) is 5.69 Å². The number of anilines is 1. The maximum absolute atomic E-state index is 5.35. The van der Waals surface area contributed by atoms with Crippen molar-refractivity contribution < 1.29 is 9.47 Å². The second-order valence-corrected chi connectivity index (χ2v) is 5.23. The number of methoxy groups -OCH3 is 2. The molecule has 0 aromatic heterocycles. The molecule has 0 saturated carbocycles. The van der Waals surface area contributed by atoms with E-state index >= 15 is 0 Å². The maximum atomic E-state index is 5.35. The van der Waals surface area contributed by atoms with Gasteiger partial charge >= 0.3 is 0 Å². The fraction of sp³-hybridized carbons (Fsp3) is 0.235. The lowest BCUT2D eigenvalue weighted by molar-refractivity contribution is 0.413. The Morgan fingerprint density at radius 3 is 2.32 bits per heavy atom. The lowest BCUT2D eigenvalue weighted by Gasteiger charge is -2.18. The van der Waals surface area contributed by atoms with Gasteiger partial charge in [-0.2, -0.15) is 0 Å². The molecule has 2 N–H and O–H groups in total. The predicted molar refractivity (Wildman–Crippen MR) is 93.8 cm³/mol. The summed E-state index contributed by atoms with van der Waals surface area (Å²) < 4.78 is 10.4. The van der Waals surface area contributed by atoms with Crippen molar-refractivity contribution in [3.8, 4) is 11.5 Å². The van der Waals surface area contributed by atoms with E-state index in [1.807, 2.05) is 48.5 Å². The van der Waals surface area contributed by atoms with E-state index in [4.69, 9.17) is 21.7 Å². The average Bonchev–Trinajstić information content (AvgIpc) is 2.55. The Labute approximate surface area is 136 Å². The van der Waals surface area contributed by atoms with Crippen LogP contribution in [0.5, 0.6) is 11.5 Å². The average molecular weight is 316 g/mol. The Balaban J connectivity index is 1.95. The monoisotopic (exact) mass is 316 g/mol. The highest BCUT2D eigenvalue weighted by atomic mass is 32.1. The molecule has 2 rings (SSSR count). The summed E-state index contributed by atoms with van der Waals surface area (Å²) in [6.07, 6.45) is 0. The molecule has 0 heterocycles. The van der Waals surface area contributed by atoms with Crippen LogP contribution in [0.1, 0.15) is 18.5 Å². The van der Waals surface area contributed by atoms with Crippen LogP contribution in [0.3, 0.4) is 0 Å². The fourth-order valence-electron chi connectivity index (χ4n) is 2.03. The Hall–Kier alpha value is -2.27. The smallest absolute Gasteiger partial charge is 0.171 e. The summed E-state index contributed by atoms with van der Waals surface area (Å²) in [6, 6.07) is 15.6. The maximum Gasteiger partial charge on any atom is 0.171 e. The van der Waals surface area contributed by atoms with Crippen molar-refractivity contribution in [2.75, 3.05) is 19.5 Å². The standard InChI is InChI=1S/C17H20N2O2S/c1-12(13-5-4-6-16(11-13)21-3)18-17(22)19-14-7-9-15(20-2)10-8-14/h4-12H,1-3H3,(H2,18,19,22). The van der Waals surface area contributed by atoms with E-state index in [1.165, 1.54) is 0 Å². The zero-order chi connectivity index (χ0) is 15.9. The Morgan fingerprint density at radius 1 is 1.00 bits per heavy atom. The highest BCUT2D eigenvalue weighted by Gasteiger charge is 2.08. The molecule has 0 saturated heterocycles. The molecule has 2 aromatic carbocycles.